The van der Waals surface area contributed by atoms with Gasteiger partial charge in [0.15, 0.2) is 5.13 Å². The van der Waals surface area contributed by atoms with Gasteiger partial charge < -0.3 is 10.6 Å². The van der Waals surface area contributed by atoms with Crippen molar-refractivity contribution in [1.29, 1.82) is 0 Å². The van der Waals surface area contributed by atoms with Crippen LogP contribution in [0.25, 0.3) is 10.2 Å². The maximum absolute atomic E-state index is 12.9. The first-order valence-electron chi connectivity index (χ1n) is 9.72. The minimum Gasteiger partial charge on any atom is -0.323 e. The molecule has 28 heavy (non-hydrogen) atoms. The fourth-order valence-electron chi connectivity index (χ4n) is 4.18. The second-order valence-electron chi connectivity index (χ2n) is 7.74. The Bertz CT molecular complexity index is 946. The molecule has 8 heteroatoms. The van der Waals surface area contributed by atoms with E-state index in [1.54, 1.807) is 0 Å². The molecule has 0 unspecified atom stereocenters. The van der Waals surface area contributed by atoms with Crippen molar-refractivity contribution in [2.45, 2.75) is 51.5 Å². The Morgan fingerprint density at radius 2 is 2.11 bits per heavy atom. The van der Waals surface area contributed by atoms with Crippen molar-refractivity contribution in [1.82, 2.24) is 15.2 Å². The van der Waals surface area contributed by atoms with E-state index in [9.17, 15) is 14.4 Å². The summed E-state index contributed by atoms with van der Waals surface area (Å²) in [4.78, 5) is 43.3. The molecule has 0 bridgehead atoms. The van der Waals surface area contributed by atoms with E-state index in [1.165, 1.54) is 11.3 Å². The van der Waals surface area contributed by atoms with Gasteiger partial charge in [-0.15, -0.1) is 0 Å². The number of thiazole rings is 1. The van der Waals surface area contributed by atoms with Crippen LogP contribution in [0.5, 0.6) is 0 Å². The maximum Gasteiger partial charge on any atom is 0.325 e. The first-order chi connectivity index (χ1) is 13.4. The molecule has 2 heterocycles. The second-order valence-corrected chi connectivity index (χ2v) is 8.77. The van der Waals surface area contributed by atoms with Crippen LogP contribution in [0.3, 0.4) is 0 Å². The lowest BCUT2D eigenvalue weighted by atomic mass is 9.75. The summed E-state index contributed by atoms with van der Waals surface area (Å²) in [5, 5.41) is 6.06. The molecule has 1 spiro atoms. The Balaban J connectivity index is 1.43. The zero-order valence-corrected chi connectivity index (χ0v) is 16.9. The van der Waals surface area contributed by atoms with Crippen LogP contribution in [-0.2, 0) is 9.59 Å². The number of nitrogens with zero attached hydrogens (tertiary/aromatic N) is 2. The van der Waals surface area contributed by atoms with Crippen LogP contribution in [0, 0.1) is 12.8 Å². The number of rotatable bonds is 4. The lowest BCUT2D eigenvalue weighted by Crippen LogP contribution is -2.49. The molecule has 2 fully saturated rings. The standard InChI is InChI=1S/C20H24N4O3S/c1-3-13-7-9-20(10-8-13)17(26)24(19(27)23-20)11-15(25)21-18-22-16-12(2)5-4-6-14(16)28-18/h4-6,13H,3,7-11H2,1-2H3,(H,23,27)(H,21,22,25). The number of aryl methyl sites for hydroxylation is 1. The SMILES string of the molecule is CCC1CCC2(CC1)NC(=O)N(CC(=O)Nc1nc3c(C)cccc3s1)C2=O. The minimum absolute atomic E-state index is 0.276. The smallest absolute Gasteiger partial charge is 0.323 e. The molecule has 148 valence electrons. The van der Waals surface area contributed by atoms with E-state index in [0.29, 0.717) is 23.9 Å². The molecule has 1 aromatic carbocycles. The van der Waals surface area contributed by atoms with E-state index >= 15 is 0 Å². The first kappa shape index (κ1) is 18.9. The minimum atomic E-state index is -0.823. The van der Waals surface area contributed by atoms with Gasteiger partial charge in [0, 0.05) is 0 Å². The van der Waals surface area contributed by atoms with E-state index in [4.69, 9.17) is 0 Å². The van der Waals surface area contributed by atoms with Crippen LogP contribution < -0.4 is 10.6 Å². The third-order valence-corrected chi connectivity index (χ3v) is 6.89. The number of imide groups is 1. The summed E-state index contributed by atoms with van der Waals surface area (Å²) < 4.78 is 0.983. The number of nitrogens with one attached hydrogen (secondary N) is 2. The van der Waals surface area contributed by atoms with E-state index in [0.717, 1.165) is 39.9 Å². The molecule has 4 amide bonds. The Labute approximate surface area is 167 Å². The Kier molecular flexibility index (Phi) is 4.82. The monoisotopic (exact) mass is 400 g/mol. The number of urea groups is 1. The van der Waals surface area contributed by atoms with Crippen molar-refractivity contribution < 1.29 is 14.4 Å². The number of carbonyl (C=O) groups excluding carboxylic acids is 3. The highest BCUT2D eigenvalue weighted by Gasteiger charge is 2.52. The third-order valence-electron chi connectivity index (χ3n) is 5.95. The highest BCUT2D eigenvalue weighted by molar-refractivity contribution is 7.22. The predicted molar refractivity (Wildman–Crippen MR) is 108 cm³/mol. The highest BCUT2D eigenvalue weighted by atomic mass is 32.1. The molecule has 2 aliphatic rings. The highest BCUT2D eigenvalue weighted by Crippen LogP contribution is 2.37. The molecule has 1 aromatic heterocycles. The van der Waals surface area contributed by atoms with Crippen molar-refractivity contribution in [3.05, 3.63) is 23.8 Å². The number of carbonyl (C=O) groups is 3. The molecule has 4 rings (SSSR count). The van der Waals surface area contributed by atoms with Crippen LogP contribution in [0.15, 0.2) is 18.2 Å². The van der Waals surface area contributed by atoms with Gasteiger partial charge in [0.05, 0.1) is 10.2 Å². The lowest BCUT2D eigenvalue weighted by Gasteiger charge is -2.34. The van der Waals surface area contributed by atoms with Crippen LogP contribution in [0.2, 0.25) is 0 Å². The number of para-hydroxylation sites is 1. The van der Waals surface area contributed by atoms with Crippen molar-refractivity contribution in [3.63, 3.8) is 0 Å². The van der Waals surface area contributed by atoms with Gasteiger partial charge in [-0.2, -0.15) is 0 Å². The average molecular weight is 401 g/mol. The van der Waals surface area contributed by atoms with E-state index in [2.05, 4.69) is 22.5 Å². The molecule has 1 aliphatic heterocycles. The number of anilines is 1. The number of fused-ring (bicyclic) bond motifs is 1. The van der Waals surface area contributed by atoms with E-state index in [-0.39, 0.29) is 12.5 Å². The summed E-state index contributed by atoms with van der Waals surface area (Å²) in [6, 6.07) is 5.38. The molecule has 2 aromatic rings. The van der Waals surface area contributed by atoms with E-state index in [1.807, 2.05) is 25.1 Å². The van der Waals surface area contributed by atoms with Gasteiger partial charge in [-0.1, -0.05) is 36.8 Å². The number of benzene rings is 1. The van der Waals surface area contributed by atoms with Gasteiger partial charge in [-0.25, -0.2) is 9.78 Å². The molecule has 1 saturated heterocycles. The van der Waals surface area contributed by atoms with Gasteiger partial charge in [-0.3, -0.25) is 14.5 Å². The van der Waals surface area contributed by atoms with Gasteiger partial charge in [0.1, 0.15) is 12.1 Å². The lowest BCUT2D eigenvalue weighted by molar-refractivity contribution is -0.135. The van der Waals surface area contributed by atoms with Crippen molar-refractivity contribution >= 4 is 44.5 Å². The number of hydrogen-bond donors (Lipinski definition) is 2. The fraction of sp³-hybridized carbons (Fsp3) is 0.500. The molecular formula is C20H24N4O3S. The van der Waals surface area contributed by atoms with Crippen molar-refractivity contribution in [3.8, 4) is 0 Å². The zero-order chi connectivity index (χ0) is 19.9. The summed E-state index contributed by atoms with van der Waals surface area (Å²) >= 11 is 1.38. The molecule has 2 N–H and O–H groups in total. The number of hydrogen-bond acceptors (Lipinski definition) is 5. The largest absolute Gasteiger partial charge is 0.325 e. The van der Waals surface area contributed by atoms with Gasteiger partial charge in [0.2, 0.25) is 5.91 Å². The normalized spacial score (nSPS) is 24.8. The van der Waals surface area contributed by atoms with Crippen LogP contribution >= 0.6 is 11.3 Å². The summed E-state index contributed by atoms with van der Waals surface area (Å²) in [6.07, 6.45) is 4.23. The van der Waals surface area contributed by atoms with Gasteiger partial charge in [-0.05, 0) is 50.2 Å². The zero-order valence-electron chi connectivity index (χ0n) is 16.1. The Morgan fingerprint density at radius 3 is 2.79 bits per heavy atom. The molecule has 1 saturated carbocycles. The average Bonchev–Trinajstić information content (AvgIpc) is 3.18. The molecular weight excluding hydrogens is 376 g/mol. The summed E-state index contributed by atoms with van der Waals surface area (Å²) in [5.41, 5.74) is 1.06. The second kappa shape index (κ2) is 7.16. The van der Waals surface area contributed by atoms with Crippen LogP contribution in [-0.4, -0.2) is 39.8 Å². The maximum atomic E-state index is 12.9. The molecule has 7 nitrogen and oxygen atoms in total. The number of aromatic nitrogens is 1. The molecule has 1 aliphatic carbocycles. The third kappa shape index (κ3) is 3.26. The molecule has 0 atom stereocenters. The summed E-state index contributed by atoms with van der Waals surface area (Å²) in [5.74, 6) is -0.0861. The summed E-state index contributed by atoms with van der Waals surface area (Å²) in [7, 11) is 0. The predicted octanol–water partition coefficient (Wildman–Crippen LogP) is 3.43. The van der Waals surface area contributed by atoms with Crippen LogP contribution in [0.1, 0.15) is 44.6 Å². The topological polar surface area (TPSA) is 91.4 Å². The number of amides is 4. The first-order valence-corrected chi connectivity index (χ1v) is 10.5. The van der Waals surface area contributed by atoms with E-state index < -0.39 is 17.5 Å². The fourth-order valence-corrected chi connectivity index (χ4v) is 5.14. The van der Waals surface area contributed by atoms with Gasteiger partial charge in [0.25, 0.3) is 5.91 Å². The quantitative estimate of drug-likeness (QED) is 0.769. The Hall–Kier alpha value is -2.48. The van der Waals surface area contributed by atoms with Crippen molar-refractivity contribution in [2.75, 3.05) is 11.9 Å². The van der Waals surface area contributed by atoms with Crippen LogP contribution in [0.4, 0.5) is 9.93 Å². The molecule has 0 radical (unpaired) electrons. The Morgan fingerprint density at radius 1 is 1.36 bits per heavy atom. The van der Waals surface area contributed by atoms with Gasteiger partial charge >= 0.3 is 6.03 Å². The van der Waals surface area contributed by atoms with Crippen molar-refractivity contribution in [2.24, 2.45) is 5.92 Å². The summed E-state index contributed by atoms with van der Waals surface area (Å²) in [6.45, 7) is 3.82.